The van der Waals surface area contributed by atoms with Crippen LogP contribution >= 0.6 is 0 Å². The number of nitro benzene ring substituents is 1. The number of aliphatic hydroxyl groups excluding tert-OH is 1. The highest BCUT2D eigenvalue weighted by atomic mass is 16.6. The van der Waals surface area contributed by atoms with Crippen LogP contribution in [0.4, 0.5) is 11.4 Å². The van der Waals surface area contributed by atoms with E-state index in [1.165, 1.54) is 23.1 Å². The summed E-state index contributed by atoms with van der Waals surface area (Å²) in [6, 6.07) is 4.20. The zero-order chi connectivity index (χ0) is 15.6. The van der Waals surface area contributed by atoms with Crippen molar-refractivity contribution in [2.75, 3.05) is 18.5 Å². The normalized spacial score (nSPS) is 22.0. The molecular weight excluding hydrogens is 276 g/mol. The molecule has 1 aliphatic heterocycles. The van der Waals surface area contributed by atoms with E-state index in [1.807, 2.05) is 6.92 Å². The van der Waals surface area contributed by atoms with E-state index in [2.05, 4.69) is 5.43 Å². The fourth-order valence-electron chi connectivity index (χ4n) is 2.43. The first kappa shape index (κ1) is 15.2. The van der Waals surface area contributed by atoms with Crippen LogP contribution in [0.5, 0.6) is 0 Å². The number of nitro groups is 1. The summed E-state index contributed by atoms with van der Waals surface area (Å²) in [5.41, 5.74) is 2.10. The van der Waals surface area contributed by atoms with Crippen LogP contribution < -0.4 is 11.3 Å². The van der Waals surface area contributed by atoms with Crippen molar-refractivity contribution in [3.8, 4) is 0 Å². The highest BCUT2D eigenvalue weighted by Gasteiger charge is 2.30. The number of aliphatic hydroxyl groups is 1. The number of benzene rings is 1. The fraction of sp³-hybridized carbons (Fsp3) is 0.462. The van der Waals surface area contributed by atoms with Gasteiger partial charge in [-0.3, -0.25) is 20.8 Å². The lowest BCUT2D eigenvalue weighted by Crippen LogP contribution is -2.46. The zero-order valence-corrected chi connectivity index (χ0v) is 11.7. The highest BCUT2D eigenvalue weighted by Crippen LogP contribution is 2.29. The highest BCUT2D eigenvalue weighted by molar-refractivity contribution is 6.01. The second kappa shape index (κ2) is 6.06. The van der Waals surface area contributed by atoms with E-state index < -0.39 is 11.0 Å². The molecule has 2 atom stereocenters. The van der Waals surface area contributed by atoms with Gasteiger partial charge in [0.05, 0.1) is 16.6 Å². The number of nitrogens with two attached hydrogens (primary N) is 1. The average molecular weight is 294 g/mol. The standard InChI is InChI=1S/C13H18N4O4/c1-8-5-6-16(7-11(8)18)13(19)9-3-2-4-10(17(20)21)12(9)15-14/h2-4,8,11,15,18H,5-7,14H2,1H3. The first-order valence-corrected chi connectivity index (χ1v) is 6.67. The zero-order valence-electron chi connectivity index (χ0n) is 11.7. The average Bonchev–Trinajstić information content (AvgIpc) is 2.48. The smallest absolute Gasteiger partial charge is 0.294 e. The van der Waals surface area contributed by atoms with Crippen LogP contribution in [0, 0.1) is 16.0 Å². The first-order chi connectivity index (χ1) is 9.95. The minimum atomic E-state index is -0.598. The third-order valence-corrected chi connectivity index (χ3v) is 3.82. The number of carbonyl (C=O) groups is 1. The number of amides is 1. The monoisotopic (exact) mass is 294 g/mol. The number of β-amino-alcohol motifs (C(OH)–C–C–N with tert-alkyl or cyclic N) is 1. The van der Waals surface area contributed by atoms with E-state index in [-0.39, 0.29) is 35.3 Å². The van der Waals surface area contributed by atoms with Gasteiger partial charge in [0.2, 0.25) is 0 Å². The van der Waals surface area contributed by atoms with Crippen molar-refractivity contribution in [1.29, 1.82) is 0 Å². The van der Waals surface area contributed by atoms with Gasteiger partial charge in [-0.15, -0.1) is 0 Å². The molecule has 2 unspecified atom stereocenters. The number of anilines is 1. The number of nitrogens with zero attached hydrogens (tertiary/aromatic N) is 2. The number of nitrogen functional groups attached to an aromatic ring is 1. The van der Waals surface area contributed by atoms with Gasteiger partial charge >= 0.3 is 0 Å². The Morgan fingerprint density at radius 2 is 2.29 bits per heavy atom. The molecule has 1 aromatic carbocycles. The molecule has 1 aliphatic rings. The minimum absolute atomic E-state index is 0.0133. The molecule has 0 spiro atoms. The molecule has 21 heavy (non-hydrogen) atoms. The molecular formula is C13H18N4O4. The van der Waals surface area contributed by atoms with Gasteiger partial charge < -0.3 is 15.4 Å². The Morgan fingerprint density at radius 1 is 1.57 bits per heavy atom. The van der Waals surface area contributed by atoms with Gasteiger partial charge in [-0.2, -0.15) is 0 Å². The molecule has 1 heterocycles. The summed E-state index contributed by atoms with van der Waals surface area (Å²) >= 11 is 0. The molecule has 0 saturated carbocycles. The number of rotatable bonds is 3. The number of hydrazine groups is 1. The minimum Gasteiger partial charge on any atom is -0.391 e. The molecule has 1 fully saturated rings. The van der Waals surface area contributed by atoms with Crippen molar-refractivity contribution in [2.24, 2.45) is 11.8 Å². The molecule has 4 N–H and O–H groups in total. The van der Waals surface area contributed by atoms with Gasteiger partial charge in [0.1, 0.15) is 5.69 Å². The molecule has 114 valence electrons. The quantitative estimate of drug-likeness (QED) is 0.429. The lowest BCUT2D eigenvalue weighted by atomic mass is 9.95. The van der Waals surface area contributed by atoms with Gasteiger partial charge in [-0.05, 0) is 18.4 Å². The van der Waals surface area contributed by atoms with E-state index in [4.69, 9.17) is 5.84 Å². The Labute approximate surface area is 121 Å². The number of para-hydroxylation sites is 1. The van der Waals surface area contributed by atoms with Crippen LogP contribution in [0.2, 0.25) is 0 Å². The van der Waals surface area contributed by atoms with Crippen LogP contribution in [0.15, 0.2) is 18.2 Å². The molecule has 1 saturated heterocycles. The molecule has 1 aromatic rings. The summed E-state index contributed by atoms with van der Waals surface area (Å²) in [6.45, 7) is 2.64. The second-order valence-corrected chi connectivity index (χ2v) is 5.19. The summed E-state index contributed by atoms with van der Waals surface area (Å²) in [4.78, 5) is 24.4. The van der Waals surface area contributed by atoms with Crippen molar-refractivity contribution >= 4 is 17.3 Å². The third kappa shape index (κ3) is 2.96. The van der Waals surface area contributed by atoms with Gasteiger partial charge in [-0.1, -0.05) is 13.0 Å². The molecule has 0 aromatic heterocycles. The predicted octanol–water partition coefficient (Wildman–Crippen LogP) is 0.723. The largest absolute Gasteiger partial charge is 0.391 e. The summed E-state index contributed by atoms with van der Waals surface area (Å²) < 4.78 is 0. The Bertz CT molecular complexity index is 563. The van der Waals surface area contributed by atoms with E-state index in [0.717, 1.165) is 0 Å². The lowest BCUT2D eigenvalue weighted by Gasteiger charge is -2.34. The number of hydrogen-bond donors (Lipinski definition) is 3. The maximum atomic E-state index is 12.5. The molecule has 2 rings (SSSR count). The van der Waals surface area contributed by atoms with E-state index in [1.54, 1.807) is 0 Å². The van der Waals surface area contributed by atoms with Crippen molar-refractivity contribution in [3.05, 3.63) is 33.9 Å². The summed E-state index contributed by atoms with van der Waals surface area (Å²) in [6.07, 6.45) is 0.100. The summed E-state index contributed by atoms with van der Waals surface area (Å²) in [7, 11) is 0. The molecule has 0 radical (unpaired) electrons. The van der Waals surface area contributed by atoms with Crippen LogP contribution in [0.3, 0.4) is 0 Å². The van der Waals surface area contributed by atoms with E-state index in [0.29, 0.717) is 13.0 Å². The van der Waals surface area contributed by atoms with Crippen molar-refractivity contribution in [1.82, 2.24) is 4.90 Å². The van der Waals surface area contributed by atoms with Crippen molar-refractivity contribution in [2.45, 2.75) is 19.4 Å². The predicted molar refractivity (Wildman–Crippen MR) is 76.6 cm³/mol. The Balaban J connectivity index is 2.31. The molecule has 8 nitrogen and oxygen atoms in total. The maximum Gasteiger partial charge on any atom is 0.294 e. The van der Waals surface area contributed by atoms with Crippen LogP contribution in [0.1, 0.15) is 23.7 Å². The fourth-order valence-corrected chi connectivity index (χ4v) is 2.43. The van der Waals surface area contributed by atoms with Gasteiger partial charge in [0, 0.05) is 19.2 Å². The van der Waals surface area contributed by atoms with E-state index in [9.17, 15) is 20.0 Å². The summed E-state index contributed by atoms with van der Waals surface area (Å²) in [5.74, 6) is 5.08. The van der Waals surface area contributed by atoms with Gasteiger partial charge in [-0.25, -0.2) is 0 Å². The third-order valence-electron chi connectivity index (χ3n) is 3.82. The second-order valence-electron chi connectivity index (χ2n) is 5.19. The number of hydrogen-bond acceptors (Lipinski definition) is 6. The summed E-state index contributed by atoms with van der Waals surface area (Å²) in [5, 5.41) is 20.8. The molecule has 1 amide bonds. The first-order valence-electron chi connectivity index (χ1n) is 6.67. The lowest BCUT2D eigenvalue weighted by molar-refractivity contribution is -0.384. The Kier molecular flexibility index (Phi) is 4.39. The molecule has 8 heteroatoms. The molecule has 0 aliphatic carbocycles. The Morgan fingerprint density at radius 3 is 2.86 bits per heavy atom. The Hall–Kier alpha value is -2.19. The van der Waals surface area contributed by atoms with Gasteiger partial charge in [0.15, 0.2) is 0 Å². The van der Waals surface area contributed by atoms with E-state index >= 15 is 0 Å². The number of nitrogens with one attached hydrogen (secondary N) is 1. The SMILES string of the molecule is CC1CCN(C(=O)c2cccc([N+](=O)[O-])c2NN)CC1O. The van der Waals surface area contributed by atoms with Crippen molar-refractivity contribution in [3.63, 3.8) is 0 Å². The van der Waals surface area contributed by atoms with Crippen LogP contribution in [-0.4, -0.2) is 40.0 Å². The van der Waals surface area contributed by atoms with Crippen molar-refractivity contribution < 1.29 is 14.8 Å². The van der Waals surface area contributed by atoms with Crippen LogP contribution in [0.25, 0.3) is 0 Å². The van der Waals surface area contributed by atoms with Gasteiger partial charge in [0.25, 0.3) is 11.6 Å². The maximum absolute atomic E-state index is 12.5. The number of piperidine rings is 1. The number of likely N-dealkylation sites (tertiary alicyclic amines) is 1. The molecule has 0 bridgehead atoms. The topological polar surface area (TPSA) is 122 Å². The number of carbonyl (C=O) groups excluding carboxylic acids is 1. The van der Waals surface area contributed by atoms with Crippen LogP contribution in [-0.2, 0) is 0 Å².